The van der Waals surface area contributed by atoms with Crippen LogP contribution in [-0.2, 0) is 0 Å². The van der Waals surface area contributed by atoms with Crippen molar-refractivity contribution >= 4 is 33.2 Å². The van der Waals surface area contributed by atoms with E-state index < -0.39 is 0 Å². The first-order valence-corrected chi connectivity index (χ1v) is 7.67. The lowest BCUT2D eigenvalue weighted by atomic mass is 10.1. The molecule has 3 nitrogen and oxygen atoms in total. The van der Waals surface area contributed by atoms with E-state index in [-0.39, 0.29) is 0 Å². The molecule has 0 spiro atoms. The highest BCUT2D eigenvalue weighted by Crippen LogP contribution is 2.30. The number of anilines is 2. The third-order valence-corrected chi connectivity index (χ3v) is 3.97. The number of benzene rings is 3. The summed E-state index contributed by atoms with van der Waals surface area (Å²) in [5, 5.41) is 2.21. The SMILES string of the molecule is Cc1ccc(NNc2c3ccccc3nc3ccccc23)cc1. The van der Waals surface area contributed by atoms with Crippen molar-refractivity contribution in [2.75, 3.05) is 10.9 Å². The Labute approximate surface area is 135 Å². The smallest absolute Gasteiger partial charge is 0.0731 e. The van der Waals surface area contributed by atoms with Gasteiger partial charge in [-0.1, -0.05) is 54.1 Å². The Hall–Kier alpha value is -3.07. The predicted octanol–water partition coefficient (Wildman–Crippen LogP) is 5.14. The van der Waals surface area contributed by atoms with Crippen molar-refractivity contribution in [3.63, 3.8) is 0 Å². The Bertz CT molecular complexity index is 921. The van der Waals surface area contributed by atoms with Gasteiger partial charge in [-0.2, -0.15) is 0 Å². The zero-order valence-electron chi connectivity index (χ0n) is 12.9. The van der Waals surface area contributed by atoms with Gasteiger partial charge < -0.3 is 5.43 Å². The van der Waals surface area contributed by atoms with Crippen LogP contribution < -0.4 is 10.9 Å². The van der Waals surface area contributed by atoms with Crippen LogP contribution in [0.4, 0.5) is 11.4 Å². The zero-order chi connectivity index (χ0) is 15.6. The number of hydrazine groups is 1. The van der Waals surface area contributed by atoms with Crippen LogP contribution in [0.25, 0.3) is 21.8 Å². The predicted molar refractivity (Wildman–Crippen MR) is 97.7 cm³/mol. The molecule has 0 aliphatic heterocycles. The summed E-state index contributed by atoms with van der Waals surface area (Å²) in [6.45, 7) is 2.08. The van der Waals surface area contributed by atoms with Crippen LogP contribution in [0.2, 0.25) is 0 Å². The van der Waals surface area contributed by atoms with Gasteiger partial charge in [-0.25, -0.2) is 4.98 Å². The molecular formula is C20H17N3. The number of hydrogen-bond donors (Lipinski definition) is 2. The zero-order valence-corrected chi connectivity index (χ0v) is 12.9. The largest absolute Gasteiger partial charge is 0.301 e. The van der Waals surface area contributed by atoms with Gasteiger partial charge >= 0.3 is 0 Å². The Balaban J connectivity index is 1.81. The number of fused-ring (bicyclic) bond motifs is 2. The first-order chi connectivity index (χ1) is 11.3. The quantitative estimate of drug-likeness (QED) is 0.406. The van der Waals surface area contributed by atoms with Gasteiger partial charge in [0, 0.05) is 10.8 Å². The van der Waals surface area contributed by atoms with E-state index in [2.05, 4.69) is 54.2 Å². The number of hydrogen-bond acceptors (Lipinski definition) is 3. The number of aryl methyl sites for hydroxylation is 1. The number of pyridine rings is 1. The third-order valence-electron chi connectivity index (χ3n) is 3.97. The topological polar surface area (TPSA) is 37.0 Å². The van der Waals surface area contributed by atoms with Gasteiger partial charge in [-0.15, -0.1) is 0 Å². The molecule has 0 radical (unpaired) electrons. The van der Waals surface area contributed by atoms with Crippen LogP contribution >= 0.6 is 0 Å². The summed E-state index contributed by atoms with van der Waals surface area (Å²) in [6.07, 6.45) is 0. The maximum Gasteiger partial charge on any atom is 0.0731 e. The molecule has 23 heavy (non-hydrogen) atoms. The normalized spacial score (nSPS) is 10.8. The van der Waals surface area contributed by atoms with Gasteiger partial charge in [0.15, 0.2) is 0 Å². The van der Waals surface area contributed by atoms with Crippen molar-refractivity contribution in [2.24, 2.45) is 0 Å². The number of nitrogens with one attached hydrogen (secondary N) is 2. The first-order valence-electron chi connectivity index (χ1n) is 7.67. The van der Waals surface area contributed by atoms with Crippen LogP contribution in [0.15, 0.2) is 72.8 Å². The Morgan fingerprint density at radius 3 is 1.83 bits per heavy atom. The average Bonchev–Trinajstić information content (AvgIpc) is 2.60. The van der Waals surface area contributed by atoms with Gasteiger partial charge in [0.1, 0.15) is 0 Å². The van der Waals surface area contributed by atoms with Crippen molar-refractivity contribution in [1.29, 1.82) is 0 Å². The van der Waals surface area contributed by atoms with Crippen molar-refractivity contribution in [2.45, 2.75) is 6.92 Å². The summed E-state index contributed by atoms with van der Waals surface area (Å²) in [4.78, 5) is 4.74. The van der Waals surface area contributed by atoms with E-state index in [1.165, 1.54) is 5.56 Å². The summed E-state index contributed by atoms with van der Waals surface area (Å²) in [5.74, 6) is 0. The van der Waals surface area contributed by atoms with Gasteiger partial charge in [0.2, 0.25) is 0 Å². The molecule has 1 aromatic heterocycles. The maximum absolute atomic E-state index is 4.74. The summed E-state index contributed by atoms with van der Waals surface area (Å²) in [7, 11) is 0. The highest BCUT2D eigenvalue weighted by molar-refractivity contribution is 6.07. The van der Waals surface area contributed by atoms with E-state index in [9.17, 15) is 0 Å². The van der Waals surface area contributed by atoms with Crippen molar-refractivity contribution in [3.05, 3.63) is 78.4 Å². The molecule has 3 aromatic carbocycles. The lowest BCUT2D eigenvalue weighted by molar-refractivity contribution is 1.40. The molecule has 3 heteroatoms. The standard InChI is InChI=1S/C20H17N3/c1-14-10-12-15(13-11-14)22-23-20-16-6-2-4-8-18(16)21-19-9-5-3-7-17(19)20/h2-13,22H,1H3,(H,21,23). The summed E-state index contributed by atoms with van der Waals surface area (Å²) in [5.41, 5.74) is 12.0. The summed E-state index contributed by atoms with van der Waals surface area (Å²) < 4.78 is 0. The lowest BCUT2D eigenvalue weighted by Gasteiger charge is -2.15. The molecule has 0 bridgehead atoms. The number of aromatic nitrogens is 1. The van der Waals surface area contributed by atoms with E-state index in [1.54, 1.807) is 0 Å². The van der Waals surface area contributed by atoms with E-state index in [0.717, 1.165) is 33.2 Å². The molecule has 0 aliphatic carbocycles. The number of nitrogens with zero attached hydrogens (tertiary/aromatic N) is 1. The molecule has 0 saturated heterocycles. The summed E-state index contributed by atoms with van der Waals surface area (Å²) >= 11 is 0. The number of rotatable bonds is 3. The molecule has 0 unspecified atom stereocenters. The molecule has 112 valence electrons. The molecule has 1 heterocycles. The lowest BCUT2D eigenvalue weighted by Crippen LogP contribution is -2.09. The Morgan fingerprint density at radius 1 is 0.652 bits per heavy atom. The first kappa shape index (κ1) is 13.6. The van der Waals surface area contributed by atoms with Crippen molar-refractivity contribution < 1.29 is 0 Å². The van der Waals surface area contributed by atoms with Crippen LogP contribution in [0.1, 0.15) is 5.56 Å². The minimum Gasteiger partial charge on any atom is -0.301 e. The third kappa shape index (κ3) is 2.57. The van der Waals surface area contributed by atoms with E-state index in [4.69, 9.17) is 4.98 Å². The van der Waals surface area contributed by atoms with Gasteiger partial charge in [-0.05, 0) is 31.2 Å². The maximum atomic E-state index is 4.74. The van der Waals surface area contributed by atoms with Gasteiger partial charge in [0.05, 0.1) is 22.4 Å². The van der Waals surface area contributed by atoms with Crippen LogP contribution in [0, 0.1) is 6.92 Å². The average molecular weight is 299 g/mol. The van der Waals surface area contributed by atoms with Crippen molar-refractivity contribution in [1.82, 2.24) is 4.98 Å². The molecule has 0 saturated carbocycles. The highest BCUT2D eigenvalue weighted by atomic mass is 15.4. The fourth-order valence-electron chi connectivity index (χ4n) is 2.75. The monoisotopic (exact) mass is 299 g/mol. The fourth-order valence-corrected chi connectivity index (χ4v) is 2.75. The second-order valence-electron chi connectivity index (χ2n) is 5.64. The molecule has 0 fully saturated rings. The fraction of sp³-hybridized carbons (Fsp3) is 0.0500. The molecular weight excluding hydrogens is 282 g/mol. The minimum absolute atomic E-state index is 0.986. The molecule has 0 aliphatic rings. The Kier molecular flexibility index (Phi) is 3.31. The van der Waals surface area contributed by atoms with Crippen LogP contribution in [-0.4, -0.2) is 4.98 Å². The van der Waals surface area contributed by atoms with Crippen LogP contribution in [0.3, 0.4) is 0 Å². The molecule has 0 amide bonds. The second kappa shape index (κ2) is 5.61. The Morgan fingerprint density at radius 2 is 1.22 bits per heavy atom. The molecule has 0 atom stereocenters. The van der Waals surface area contributed by atoms with Crippen molar-refractivity contribution in [3.8, 4) is 0 Å². The minimum atomic E-state index is 0.986. The molecule has 4 rings (SSSR count). The van der Waals surface area contributed by atoms with E-state index >= 15 is 0 Å². The molecule has 4 aromatic rings. The number of para-hydroxylation sites is 2. The highest BCUT2D eigenvalue weighted by Gasteiger charge is 2.08. The van der Waals surface area contributed by atoms with Gasteiger partial charge in [0.25, 0.3) is 0 Å². The summed E-state index contributed by atoms with van der Waals surface area (Å²) in [6, 6.07) is 24.7. The van der Waals surface area contributed by atoms with Crippen LogP contribution in [0.5, 0.6) is 0 Å². The second-order valence-corrected chi connectivity index (χ2v) is 5.64. The molecule has 2 N–H and O–H groups in total. The van der Waals surface area contributed by atoms with Gasteiger partial charge in [-0.3, -0.25) is 5.43 Å². The van der Waals surface area contributed by atoms with E-state index in [1.807, 2.05) is 36.4 Å². The van der Waals surface area contributed by atoms with E-state index in [0.29, 0.717) is 0 Å².